The molecule has 0 saturated heterocycles. The van der Waals surface area contributed by atoms with Crippen LogP contribution in [0.1, 0.15) is 42.1 Å². The van der Waals surface area contributed by atoms with Crippen LogP contribution in [0.15, 0.2) is 22.9 Å². The number of carboxylic acid groups (broad SMARTS) is 1. The molecular formula is C20H20F2N4O4. The fourth-order valence-electron chi connectivity index (χ4n) is 4.31. The molecule has 1 aromatic carbocycles. The Morgan fingerprint density at radius 1 is 1.33 bits per heavy atom. The van der Waals surface area contributed by atoms with Crippen LogP contribution < -0.4 is 21.5 Å². The topological polar surface area (TPSA) is 110 Å². The van der Waals surface area contributed by atoms with Gasteiger partial charge >= 0.3 is 5.97 Å². The standard InChI is InChI=1S/C20H20F2N4O4/c1-30-24-11-7-25(8-20(11)4-5-20)17-13(21)15(23)12-16(14(17)22)26(9-2-3-9)6-10(18(12)27)19(28)29/h6-7,9,24H,2-5,8,23H2,1H3,(H,28,29). The number of hydrogen-bond donors (Lipinski definition) is 3. The summed E-state index contributed by atoms with van der Waals surface area (Å²) in [6.45, 7) is 0.346. The molecule has 0 unspecified atom stereocenters. The first-order valence-electron chi connectivity index (χ1n) is 9.65. The second-order valence-corrected chi connectivity index (χ2v) is 8.19. The zero-order chi connectivity index (χ0) is 21.4. The van der Waals surface area contributed by atoms with Crippen molar-refractivity contribution >= 4 is 28.2 Å². The van der Waals surface area contributed by atoms with Crippen molar-refractivity contribution in [3.8, 4) is 0 Å². The molecule has 158 valence electrons. The molecular weight excluding hydrogens is 398 g/mol. The summed E-state index contributed by atoms with van der Waals surface area (Å²) in [5.41, 5.74) is 6.61. The van der Waals surface area contributed by atoms with Crippen LogP contribution in [0.4, 0.5) is 20.2 Å². The highest BCUT2D eigenvalue weighted by Crippen LogP contribution is 2.56. The average Bonchev–Trinajstić information content (AvgIpc) is 3.60. The van der Waals surface area contributed by atoms with E-state index in [1.54, 1.807) is 6.20 Å². The first kappa shape index (κ1) is 18.9. The maximum absolute atomic E-state index is 15.8. The van der Waals surface area contributed by atoms with Gasteiger partial charge in [-0.3, -0.25) is 15.1 Å². The quantitative estimate of drug-likeness (QED) is 0.506. The van der Waals surface area contributed by atoms with Gasteiger partial charge in [-0.15, -0.1) is 0 Å². The number of pyridine rings is 1. The highest BCUT2D eigenvalue weighted by Gasteiger charge is 2.52. The van der Waals surface area contributed by atoms with E-state index >= 15 is 8.78 Å². The zero-order valence-electron chi connectivity index (χ0n) is 16.2. The number of carboxylic acids is 1. The van der Waals surface area contributed by atoms with Crippen LogP contribution in [0, 0.1) is 17.0 Å². The maximum Gasteiger partial charge on any atom is 0.341 e. The SMILES string of the molecule is CONC1=CN(c2c(F)c(N)c3c(=O)c(C(=O)O)cn(C4CC4)c3c2F)CC12CC2. The van der Waals surface area contributed by atoms with E-state index in [1.165, 1.54) is 16.6 Å². The summed E-state index contributed by atoms with van der Waals surface area (Å²) < 4.78 is 32.5. The van der Waals surface area contributed by atoms with E-state index in [1.807, 2.05) is 0 Å². The molecule has 2 heterocycles. The Morgan fingerprint density at radius 2 is 2.03 bits per heavy atom. The molecule has 2 saturated carbocycles. The Balaban J connectivity index is 1.78. The van der Waals surface area contributed by atoms with Gasteiger partial charge in [0.05, 0.1) is 29.4 Å². The highest BCUT2D eigenvalue weighted by molar-refractivity contribution is 6.00. The van der Waals surface area contributed by atoms with Crippen LogP contribution >= 0.6 is 0 Å². The van der Waals surface area contributed by atoms with E-state index in [0.717, 1.165) is 24.7 Å². The number of halogens is 2. The molecule has 0 bridgehead atoms. The van der Waals surface area contributed by atoms with E-state index in [2.05, 4.69) is 5.48 Å². The van der Waals surface area contributed by atoms with Gasteiger partial charge in [0.25, 0.3) is 0 Å². The molecule has 1 spiro atoms. The molecule has 30 heavy (non-hydrogen) atoms. The molecule has 8 nitrogen and oxygen atoms in total. The number of hydroxylamine groups is 1. The summed E-state index contributed by atoms with van der Waals surface area (Å²) in [6, 6.07) is -0.159. The van der Waals surface area contributed by atoms with Crippen molar-refractivity contribution in [2.24, 2.45) is 5.41 Å². The lowest BCUT2D eigenvalue weighted by Gasteiger charge is -2.23. The summed E-state index contributed by atoms with van der Waals surface area (Å²) >= 11 is 0. The number of fused-ring (bicyclic) bond motifs is 1. The number of nitrogen functional groups attached to an aromatic ring is 1. The van der Waals surface area contributed by atoms with Crippen molar-refractivity contribution in [3.05, 3.63) is 45.5 Å². The molecule has 3 aliphatic rings. The third-order valence-corrected chi connectivity index (χ3v) is 6.22. The number of aromatic nitrogens is 1. The van der Waals surface area contributed by atoms with E-state index < -0.39 is 39.7 Å². The Labute approximate surface area is 169 Å². The molecule has 0 atom stereocenters. The number of carbonyl (C=O) groups is 1. The van der Waals surface area contributed by atoms with Crippen molar-refractivity contribution in [2.45, 2.75) is 31.7 Å². The predicted molar refractivity (Wildman–Crippen MR) is 105 cm³/mol. The largest absolute Gasteiger partial charge is 0.477 e. The van der Waals surface area contributed by atoms with Crippen LogP contribution in [0.5, 0.6) is 0 Å². The summed E-state index contributed by atoms with van der Waals surface area (Å²) in [5.74, 6) is -3.47. The lowest BCUT2D eigenvalue weighted by molar-refractivity contribution is 0.0695. The van der Waals surface area contributed by atoms with Crippen molar-refractivity contribution in [1.82, 2.24) is 10.0 Å². The summed E-state index contributed by atoms with van der Waals surface area (Å²) in [6.07, 6.45) is 5.85. The van der Waals surface area contributed by atoms with Crippen LogP contribution in [0.3, 0.4) is 0 Å². The smallest absolute Gasteiger partial charge is 0.341 e. The molecule has 1 aromatic heterocycles. The van der Waals surface area contributed by atoms with Gasteiger partial charge in [-0.2, -0.15) is 0 Å². The normalized spacial score (nSPS) is 19.4. The molecule has 2 aromatic rings. The molecule has 0 amide bonds. The van der Waals surface area contributed by atoms with Gasteiger partial charge < -0.3 is 20.3 Å². The Bertz CT molecular complexity index is 1200. The number of nitrogens with zero attached hydrogens (tertiary/aromatic N) is 2. The summed E-state index contributed by atoms with van der Waals surface area (Å²) in [4.78, 5) is 30.7. The highest BCUT2D eigenvalue weighted by atomic mass is 19.1. The van der Waals surface area contributed by atoms with Gasteiger partial charge in [0, 0.05) is 30.4 Å². The number of rotatable bonds is 5. The molecule has 10 heteroatoms. The molecule has 0 radical (unpaired) electrons. The third-order valence-electron chi connectivity index (χ3n) is 6.22. The number of anilines is 2. The van der Waals surface area contributed by atoms with Crippen molar-refractivity contribution in [3.63, 3.8) is 0 Å². The first-order chi connectivity index (χ1) is 14.3. The zero-order valence-corrected chi connectivity index (χ0v) is 16.2. The second-order valence-electron chi connectivity index (χ2n) is 8.19. The van der Waals surface area contributed by atoms with E-state index in [0.29, 0.717) is 19.4 Å². The van der Waals surface area contributed by atoms with Crippen LogP contribution in [-0.2, 0) is 4.84 Å². The summed E-state index contributed by atoms with van der Waals surface area (Å²) in [5, 5.41) is 8.95. The molecule has 1 aliphatic heterocycles. The van der Waals surface area contributed by atoms with Crippen molar-refractivity contribution < 1.29 is 23.5 Å². The third kappa shape index (κ3) is 2.53. The molecule has 5 rings (SSSR count). The Hall–Kier alpha value is -3.14. The Morgan fingerprint density at radius 3 is 2.60 bits per heavy atom. The lowest BCUT2D eigenvalue weighted by atomic mass is 10.0. The minimum atomic E-state index is -1.46. The minimum Gasteiger partial charge on any atom is -0.477 e. The number of hydrogen-bond acceptors (Lipinski definition) is 6. The van der Waals surface area contributed by atoms with Crippen LogP contribution in [0.2, 0.25) is 0 Å². The predicted octanol–water partition coefficient (Wildman–Crippen LogP) is 2.49. The van der Waals surface area contributed by atoms with E-state index in [9.17, 15) is 14.7 Å². The lowest BCUT2D eigenvalue weighted by Crippen LogP contribution is -2.25. The van der Waals surface area contributed by atoms with Crippen LogP contribution in [0.25, 0.3) is 10.9 Å². The van der Waals surface area contributed by atoms with Gasteiger partial charge in [-0.1, -0.05) is 0 Å². The maximum atomic E-state index is 15.8. The molecule has 4 N–H and O–H groups in total. The van der Waals surface area contributed by atoms with Crippen molar-refractivity contribution in [2.75, 3.05) is 24.3 Å². The van der Waals surface area contributed by atoms with Crippen LogP contribution in [-0.4, -0.2) is 29.3 Å². The fourth-order valence-corrected chi connectivity index (χ4v) is 4.31. The molecule has 2 aliphatic carbocycles. The minimum absolute atomic E-state index is 0.159. The number of aromatic carboxylic acids is 1. The second kappa shape index (κ2) is 6.18. The van der Waals surface area contributed by atoms with Crippen molar-refractivity contribution in [1.29, 1.82) is 0 Å². The number of benzene rings is 1. The van der Waals surface area contributed by atoms with Gasteiger partial charge in [0.1, 0.15) is 11.3 Å². The number of nitrogens with one attached hydrogen (secondary N) is 1. The fraction of sp³-hybridized carbons (Fsp3) is 0.400. The average molecular weight is 418 g/mol. The van der Waals surface area contributed by atoms with Gasteiger partial charge in [-0.05, 0) is 25.7 Å². The van der Waals surface area contributed by atoms with E-state index in [-0.39, 0.29) is 22.7 Å². The van der Waals surface area contributed by atoms with Gasteiger partial charge in [-0.25, -0.2) is 13.6 Å². The molecule has 2 fully saturated rings. The monoisotopic (exact) mass is 418 g/mol. The summed E-state index contributed by atoms with van der Waals surface area (Å²) in [7, 11) is 1.46. The van der Waals surface area contributed by atoms with E-state index in [4.69, 9.17) is 10.6 Å². The van der Waals surface area contributed by atoms with Gasteiger partial charge in [0.2, 0.25) is 5.43 Å². The first-order valence-corrected chi connectivity index (χ1v) is 9.65. The Kier molecular flexibility index (Phi) is 3.88. The van der Waals surface area contributed by atoms with Gasteiger partial charge in [0.15, 0.2) is 11.6 Å². The number of nitrogens with two attached hydrogens (primary N) is 1.